The number of rotatable bonds is 13. The van der Waals surface area contributed by atoms with Crippen LogP contribution in [0.25, 0.3) is 6.08 Å². The number of hydrogen-bond donors (Lipinski definition) is 1. The lowest BCUT2D eigenvalue weighted by Gasteiger charge is -2.35. The molecule has 7 nitrogen and oxygen atoms in total. The molecule has 2 rings (SSSR count). The molecule has 2 heterocycles. The van der Waals surface area contributed by atoms with Crippen LogP contribution in [-0.4, -0.2) is 45.0 Å². The Morgan fingerprint density at radius 2 is 1.62 bits per heavy atom. The molecule has 1 fully saturated rings. The molecule has 1 aromatic rings. The first-order valence-corrected chi connectivity index (χ1v) is 17.3. The molecule has 0 amide bonds. The zero-order chi connectivity index (χ0) is 23.9. The summed E-state index contributed by atoms with van der Waals surface area (Å²) in [4.78, 5) is 26.9. The highest BCUT2D eigenvalue weighted by molar-refractivity contribution is 6.74. The van der Waals surface area contributed by atoms with Crippen molar-refractivity contribution in [2.45, 2.75) is 103 Å². The quantitative estimate of drug-likeness (QED) is 0.405. The fourth-order valence-corrected chi connectivity index (χ4v) is 10.2. The van der Waals surface area contributed by atoms with Gasteiger partial charge in [-0.1, -0.05) is 54.2 Å². The zero-order valence-corrected chi connectivity index (χ0v) is 22.7. The number of H-pyrrole nitrogens is 1. The highest BCUT2D eigenvalue weighted by Gasteiger charge is 2.43. The van der Waals surface area contributed by atoms with E-state index >= 15 is 0 Å². The third kappa shape index (κ3) is 5.80. The van der Waals surface area contributed by atoms with Crippen LogP contribution < -0.4 is 11.2 Å². The second kappa shape index (κ2) is 11.7. The molecule has 0 aliphatic carbocycles. The minimum absolute atomic E-state index is 0.130. The third-order valence-electron chi connectivity index (χ3n) is 7.53. The van der Waals surface area contributed by atoms with Gasteiger partial charge in [-0.2, -0.15) is 0 Å². The van der Waals surface area contributed by atoms with Crippen molar-refractivity contribution in [3.05, 3.63) is 39.2 Å². The fraction of sp³-hybridized carbons (Fsp3) is 0.739. The minimum Gasteiger partial charge on any atom is -0.414 e. The van der Waals surface area contributed by atoms with Gasteiger partial charge in [0.2, 0.25) is 0 Å². The molecular formula is C23H42N2O5Si2. The second-order valence-electron chi connectivity index (χ2n) is 8.77. The van der Waals surface area contributed by atoms with Crippen LogP contribution in [0.1, 0.15) is 59.8 Å². The number of aromatic nitrogens is 2. The average molecular weight is 483 g/mol. The molecule has 1 aromatic heterocycles. The van der Waals surface area contributed by atoms with Gasteiger partial charge in [-0.25, -0.2) is 4.79 Å². The monoisotopic (exact) mass is 482 g/mol. The van der Waals surface area contributed by atoms with Crippen LogP contribution in [0.3, 0.4) is 0 Å². The van der Waals surface area contributed by atoms with E-state index in [0.717, 1.165) is 36.3 Å². The summed E-state index contributed by atoms with van der Waals surface area (Å²) >= 11 is 0. The topological polar surface area (TPSA) is 82.6 Å². The lowest BCUT2D eigenvalue weighted by atomic mass is 10.2. The van der Waals surface area contributed by atoms with E-state index in [1.54, 1.807) is 0 Å². The number of hydrogen-bond acceptors (Lipinski definition) is 5. The molecule has 3 atom stereocenters. The van der Waals surface area contributed by atoms with E-state index in [1.165, 1.54) is 16.8 Å². The third-order valence-corrected chi connectivity index (χ3v) is 16.8. The van der Waals surface area contributed by atoms with E-state index in [9.17, 15) is 9.59 Å². The smallest absolute Gasteiger partial charge is 0.330 e. The summed E-state index contributed by atoms with van der Waals surface area (Å²) in [5.74, 6) is 0. The first kappa shape index (κ1) is 27.0. The van der Waals surface area contributed by atoms with E-state index in [2.05, 4.69) is 53.1 Å². The Balaban J connectivity index is 2.35. The predicted octanol–water partition coefficient (Wildman–Crippen LogP) is 4.88. The molecule has 182 valence electrons. The molecule has 1 aliphatic rings. The van der Waals surface area contributed by atoms with Crippen LogP contribution in [0.5, 0.6) is 0 Å². The lowest BCUT2D eigenvalue weighted by molar-refractivity contribution is -0.0407. The molecule has 0 saturated carbocycles. The number of nitrogens with one attached hydrogen (secondary N) is 1. The Morgan fingerprint density at radius 1 is 1.06 bits per heavy atom. The van der Waals surface area contributed by atoms with Gasteiger partial charge in [0.1, 0.15) is 12.3 Å². The summed E-state index contributed by atoms with van der Waals surface area (Å²) < 4.78 is 21.3. The van der Waals surface area contributed by atoms with E-state index in [1.807, 2.05) is 0 Å². The largest absolute Gasteiger partial charge is 0.414 e. The normalized spacial score (nSPS) is 21.8. The van der Waals surface area contributed by atoms with E-state index in [4.69, 9.17) is 13.6 Å². The molecule has 1 aliphatic heterocycles. The summed E-state index contributed by atoms with van der Waals surface area (Å²) in [5, 5.41) is 0. The number of aromatic amines is 1. The molecule has 0 aromatic carbocycles. The number of nitrogens with zero attached hydrogens (tertiary/aromatic N) is 1. The van der Waals surface area contributed by atoms with Crippen LogP contribution in [0.15, 0.2) is 22.4 Å². The van der Waals surface area contributed by atoms with E-state index in [-0.39, 0.29) is 12.2 Å². The van der Waals surface area contributed by atoms with Crippen molar-refractivity contribution in [1.29, 1.82) is 0 Å². The van der Waals surface area contributed by atoms with Gasteiger partial charge in [0.05, 0.1) is 18.3 Å². The van der Waals surface area contributed by atoms with Gasteiger partial charge >= 0.3 is 5.69 Å². The lowest BCUT2D eigenvalue weighted by Crippen LogP contribution is -2.45. The Morgan fingerprint density at radius 3 is 2.12 bits per heavy atom. The highest BCUT2D eigenvalue weighted by atomic mass is 28.4. The Hall–Kier alpha value is -1.27. The molecule has 1 N–H and O–H groups in total. The van der Waals surface area contributed by atoms with Gasteiger partial charge in [0.25, 0.3) is 5.56 Å². The van der Waals surface area contributed by atoms with Crippen molar-refractivity contribution in [1.82, 2.24) is 9.55 Å². The summed E-state index contributed by atoms with van der Waals surface area (Å²) in [6.45, 7) is 17.4. The van der Waals surface area contributed by atoms with Gasteiger partial charge < -0.3 is 13.6 Å². The van der Waals surface area contributed by atoms with Crippen LogP contribution >= 0.6 is 0 Å². The maximum absolute atomic E-state index is 12.6. The molecule has 1 saturated heterocycles. The molecular weight excluding hydrogens is 440 g/mol. The first-order valence-electron chi connectivity index (χ1n) is 12.2. The summed E-state index contributed by atoms with van der Waals surface area (Å²) in [6, 6.07) is 6.35. The molecule has 32 heavy (non-hydrogen) atoms. The van der Waals surface area contributed by atoms with Gasteiger partial charge in [0.15, 0.2) is 16.6 Å². The first-order chi connectivity index (χ1) is 15.3. The summed E-state index contributed by atoms with van der Waals surface area (Å²) in [5.41, 5.74) is -0.569. The van der Waals surface area contributed by atoms with Crippen molar-refractivity contribution in [2.75, 3.05) is 6.61 Å². The highest BCUT2D eigenvalue weighted by Crippen LogP contribution is 2.36. The molecule has 2 unspecified atom stereocenters. The SMILES string of the molecule is C=Cc1cn(C2C[C@@H](O[Si](CC)(CC)CC)C(CO[Si](CC)(CC)CC)O2)c(=O)[nH]c1=O. The van der Waals surface area contributed by atoms with Gasteiger partial charge in [0, 0.05) is 12.6 Å². The predicted molar refractivity (Wildman–Crippen MR) is 135 cm³/mol. The van der Waals surface area contributed by atoms with Crippen LogP contribution in [0.4, 0.5) is 0 Å². The zero-order valence-electron chi connectivity index (χ0n) is 20.7. The minimum atomic E-state index is -1.88. The van der Waals surface area contributed by atoms with Crippen molar-refractivity contribution < 1.29 is 13.6 Å². The molecule has 0 bridgehead atoms. The van der Waals surface area contributed by atoms with E-state index < -0.39 is 34.1 Å². The van der Waals surface area contributed by atoms with Crippen molar-refractivity contribution in [2.24, 2.45) is 0 Å². The van der Waals surface area contributed by atoms with Crippen molar-refractivity contribution in [3.63, 3.8) is 0 Å². The second-order valence-corrected chi connectivity index (χ2v) is 18.3. The molecule has 0 spiro atoms. The Bertz CT molecular complexity index is 844. The van der Waals surface area contributed by atoms with Crippen molar-refractivity contribution in [3.8, 4) is 0 Å². The van der Waals surface area contributed by atoms with Gasteiger partial charge in [-0.3, -0.25) is 14.3 Å². The van der Waals surface area contributed by atoms with Gasteiger partial charge in [-0.15, -0.1) is 0 Å². The average Bonchev–Trinajstić information content (AvgIpc) is 3.21. The maximum Gasteiger partial charge on any atom is 0.330 e. The summed E-state index contributed by atoms with van der Waals surface area (Å²) in [7, 11) is -3.67. The fourth-order valence-electron chi connectivity index (χ4n) is 4.64. The Labute approximate surface area is 194 Å². The molecule has 0 radical (unpaired) electrons. The molecule has 9 heteroatoms. The Kier molecular flexibility index (Phi) is 9.90. The van der Waals surface area contributed by atoms with Gasteiger partial charge in [-0.05, 0) is 36.3 Å². The van der Waals surface area contributed by atoms with Crippen LogP contribution in [-0.2, 0) is 13.6 Å². The van der Waals surface area contributed by atoms with Crippen LogP contribution in [0.2, 0.25) is 36.3 Å². The number of ether oxygens (including phenoxy) is 1. The van der Waals surface area contributed by atoms with Crippen molar-refractivity contribution >= 4 is 22.7 Å². The standard InChI is InChI=1S/C23H42N2O5Si2/c1-8-18-16-25(23(27)24-22(18)26)21-15-19(30-32(12-5,13-6)14-7)20(29-21)17-28-31(9-2,10-3)11-4/h8,16,19-21H,1,9-15,17H2,2-7H3,(H,24,26,27)/t19-,20?,21?/m1/s1. The van der Waals surface area contributed by atoms with Crippen LogP contribution in [0, 0.1) is 0 Å². The summed E-state index contributed by atoms with van der Waals surface area (Å²) in [6.07, 6.45) is 2.67. The maximum atomic E-state index is 12.6. The van der Waals surface area contributed by atoms with E-state index in [0.29, 0.717) is 18.6 Å².